The smallest absolute Gasteiger partial charge is 0.306 e. The Labute approximate surface area is 383 Å². The van der Waals surface area contributed by atoms with Gasteiger partial charge in [0, 0.05) is 19.3 Å². The predicted molar refractivity (Wildman–Crippen MR) is 265 cm³/mol. The number of hydrogen-bond donors (Lipinski definition) is 0. The van der Waals surface area contributed by atoms with Crippen molar-refractivity contribution in [1.82, 2.24) is 0 Å². The minimum absolute atomic E-state index is 0.0863. The highest BCUT2D eigenvalue weighted by Crippen LogP contribution is 2.15. The zero-order valence-electron chi connectivity index (χ0n) is 40.9. The van der Waals surface area contributed by atoms with Crippen molar-refractivity contribution in [2.45, 2.75) is 264 Å². The fourth-order valence-electron chi connectivity index (χ4n) is 7.29. The predicted octanol–water partition coefficient (Wildman–Crippen LogP) is 17.3. The second-order valence-electron chi connectivity index (χ2n) is 17.4. The number of allylic oxidation sites excluding steroid dienone is 10. The summed E-state index contributed by atoms with van der Waals surface area (Å²) in [6.07, 6.45) is 62.1. The maximum Gasteiger partial charge on any atom is 0.306 e. The summed E-state index contributed by atoms with van der Waals surface area (Å²) in [6, 6.07) is 0. The van der Waals surface area contributed by atoms with E-state index in [-0.39, 0.29) is 31.1 Å². The summed E-state index contributed by atoms with van der Waals surface area (Å²) < 4.78 is 16.8. The van der Waals surface area contributed by atoms with Gasteiger partial charge in [0.2, 0.25) is 0 Å². The Morgan fingerprint density at radius 2 is 0.677 bits per heavy atom. The minimum atomic E-state index is -0.787. The van der Waals surface area contributed by atoms with Crippen molar-refractivity contribution in [3.05, 3.63) is 60.8 Å². The van der Waals surface area contributed by atoms with Crippen LogP contribution in [0.15, 0.2) is 60.8 Å². The van der Waals surface area contributed by atoms with E-state index in [9.17, 15) is 14.4 Å². The van der Waals surface area contributed by atoms with Crippen LogP contribution in [0, 0.1) is 0 Å². The zero-order valence-corrected chi connectivity index (χ0v) is 40.9. The van der Waals surface area contributed by atoms with E-state index in [4.69, 9.17) is 14.2 Å². The molecule has 0 N–H and O–H groups in total. The van der Waals surface area contributed by atoms with Crippen LogP contribution in [-0.4, -0.2) is 37.2 Å². The largest absolute Gasteiger partial charge is 0.462 e. The average molecular weight is 867 g/mol. The number of rotatable bonds is 47. The second-order valence-corrected chi connectivity index (χ2v) is 17.4. The molecule has 0 spiro atoms. The SMILES string of the molecule is CC/C=C\C/C=C\CCCCCCCC(=O)OCC(COC(=O)CCCCCCCCCCCC/C=C\C=C/CCCCC)OC(=O)CCCCC/C=C\CCCCCCCC. The van der Waals surface area contributed by atoms with Crippen molar-refractivity contribution in [2.24, 2.45) is 0 Å². The number of hydrogen-bond acceptors (Lipinski definition) is 6. The fraction of sp³-hybridized carbons (Fsp3) is 0.768. The monoisotopic (exact) mass is 867 g/mol. The normalized spacial score (nSPS) is 12.5. The van der Waals surface area contributed by atoms with Gasteiger partial charge in [0.1, 0.15) is 13.2 Å². The molecule has 358 valence electrons. The van der Waals surface area contributed by atoms with E-state index >= 15 is 0 Å². The highest BCUT2D eigenvalue weighted by atomic mass is 16.6. The quantitative estimate of drug-likeness (QED) is 0.0199. The standard InChI is InChI=1S/C56H98O6/c1-4-7-10-13-16-19-22-25-26-27-28-29-30-32-34-37-40-43-46-49-55(58)61-52-53(51-60-54(57)48-45-42-39-36-33-24-21-18-15-12-9-6-3)62-56(59)50-47-44-41-38-35-31-23-20-17-14-11-8-5-2/h9,12,16,18-19,21-22,25,31,35,53H,4-8,10-11,13-15,17,20,23-24,26-30,32-34,36-52H2,1-3H3/b12-9-,19-16-,21-18-,25-22-,35-31-. The Morgan fingerprint density at radius 1 is 0.355 bits per heavy atom. The first-order chi connectivity index (χ1) is 30.5. The first-order valence-electron chi connectivity index (χ1n) is 26.3. The van der Waals surface area contributed by atoms with Crippen LogP contribution in [-0.2, 0) is 28.6 Å². The Kier molecular flexibility index (Phi) is 48.4. The molecule has 6 nitrogen and oxygen atoms in total. The van der Waals surface area contributed by atoms with E-state index in [0.717, 1.165) is 103 Å². The van der Waals surface area contributed by atoms with Crippen LogP contribution in [0.2, 0.25) is 0 Å². The maximum atomic E-state index is 12.8. The van der Waals surface area contributed by atoms with Gasteiger partial charge in [-0.2, -0.15) is 0 Å². The molecule has 0 rings (SSSR count). The lowest BCUT2D eigenvalue weighted by atomic mass is 10.1. The summed E-state index contributed by atoms with van der Waals surface area (Å²) in [7, 11) is 0. The average Bonchev–Trinajstić information content (AvgIpc) is 3.27. The van der Waals surface area contributed by atoms with Gasteiger partial charge in [0.25, 0.3) is 0 Å². The second kappa shape index (κ2) is 50.8. The third-order valence-electron chi connectivity index (χ3n) is 11.3. The molecule has 0 aliphatic rings. The van der Waals surface area contributed by atoms with E-state index in [1.165, 1.54) is 116 Å². The number of unbranched alkanes of at least 4 members (excludes halogenated alkanes) is 27. The third kappa shape index (κ3) is 48.1. The topological polar surface area (TPSA) is 78.9 Å². The van der Waals surface area contributed by atoms with E-state index in [1.54, 1.807) is 0 Å². The molecule has 6 heteroatoms. The highest BCUT2D eigenvalue weighted by molar-refractivity contribution is 5.71. The Balaban J connectivity index is 4.36. The number of ether oxygens (including phenoxy) is 3. The van der Waals surface area contributed by atoms with Crippen LogP contribution in [0.4, 0.5) is 0 Å². The molecule has 0 aromatic carbocycles. The lowest BCUT2D eigenvalue weighted by Gasteiger charge is -2.18. The molecule has 0 aliphatic heterocycles. The Morgan fingerprint density at radius 3 is 1.13 bits per heavy atom. The van der Waals surface area contributed by atoms with Crippen LogP contribution in [0.1, 0.15) is 258 Å². The van der Waals surface area contributed by atoms with Crippen LogP contribution >= 0.6 is 0 Å². The van der Waals surface area contributed by atoms with Crippen LogP contribution in [0.25, 0.3) is 0 Å². The molecule has 0 bridgehead atoms. The number of carbonyl (C=O) groups excluding carboxylic acids is 3. The van der Waals surface area contributed by atoms with Gasteiger partial charge in [-0.15, -0.1) is 0 Å². The first-order valence-corrected chi connectivity index (χ1v) is 26.3. The summed E-state index contributed by atoms with van der Waals surface area (Å²) >= 11 is 0. The van der Waals surface area contributed by atoms with E-state index < -0.39 is 6.10 Å². The summed E-state index contributed by atoms with van der Waals surface area (Å²) in [4.78, 5) is 38.0. The molecule has 0 aromatic heterocycles. The molecule has 0 heterocycles. The molecule has 0 aromatic rings. The van der Waals surface area contributed by atoms with Crippen molar-refractivity contribution in [2.75, 3.05) is 13.2 Å². The van der Waals surface area contributed by atoms with Gasteiger partial charge >= 0.3 is 17.9 Å². The van der Waals surface area contributed by atoms with Gasteiger partial charge in [0.15, 0.2) is 6.10 Å². The maximum absolute atomic E-state index is 12.8. The van der Waals surface area contributed by atoms with E-state index in [0.29, 0.717) is 19.3 Å². The first kappa shape index (κ1) is 59.1. The van der Waals surface area contributed by atoms with Crippen molar-refractivity contribution in [3.63, 3.8) is 0 Å². The van der Waals surface area contributed by atoms with Gasteiger partial charge < -0.3 is 14.2 Å². The van der Waals surface area contributed by atoms with Crippen molar-refractivity contribution < 1.29 is 28.6 Å². The van der Waals surface area contributed by atoms with Crippen LogP contribution < -0.4 is 0 Å². The van der Waals surface area contributed by atoms with Gasteiger partial charge in [-0.05, 0) is 96.3 Å². The third-order valence-corrected chi connectivity index (χ3v) is 11.3. The molecule has 0 radical (unpaired) electrons. The number of carbonyl (C=O) groups is 3. The molecule has 1 atom stereocenters. The van der Waals surface area contributed by atoms with Crippen molar-refractivity contribution in [3.8, 4) is 0 Å². The fourth-order valence-corrected chi connectivity index (χ4v) is 7.29. The lowest BCUT2D eigenvalue weighted by Crippen LogP contribution is -2.30. The van der Waals surface area contributed by atoms with Gasteiger partial charge in [0.05, 0.1) is 0 Å². The van der Waals surface area contributed by atoms with Crippen LogP contribution in [0.3, 0.4) is 0 Å². The molecule has 0 saturated heterocycles. The van der Waals surface area contributed by atoms with Gasteiger partial charge in [-0.25, -0.2) is 0 Å². The zero-order chi connectivity index (χ0) is 45.1. The molecule has 0 saturated carbocycles. The minimum Gasteiger partial charge on any atom is -0.462 e. The molecule has 62 heavy (non-hydrogen) atoms. The summed E-state index contributed by atoms with van der Waals surface area (Å²) in [5, 5.41) is 0. The number of esters is 3. The Bertz CT molecular complexity index is 1130. The summed E-state index contributed by atoms with van der Waals surface area (Å²) in [5.74, 6) is -0.917. The van der Waals surface area contributed by atoms with Crippen molar-refractivity contribution >= 4 is 17.9 Å². The molecule has 0 fully saturated rings. The lowest BCUT2D eigenvalue weighted by molar-refractivity contribution is -0.167. The molecular formula is C56H98O6. The molecule has 0 amide bonds. The van der Waals surface area contributed by atoms with Crippen LogP contribution in [0.5, 0.6) is 0 Å². The molecular weight excluding hydrogens is 769 g/mol. The highest BCUT2D eigenvalue weighted by Gasteiger charge is 2.19. The Hall–Kier alpha value is -2.89. The van der Waals surface area contributed by atoms with Gasteiger partial charge in [-0.3, -0.25) is 14.4 Å². The van der Waals surface area contributed by atoms with Gasteiger partial charge in [-0.1, -0.05) is 204 Å². The van der Waals surface area contributed by atoms with E-state index in [1.807, 2.05) is 0 Å². The summed E-state index contributed by atoms with van der Waals surface area (Å²) in [5.41, 5.74) is 0. The van der Waals surface area contributed by atoms with E-state index in [2.05, 4.69) is 81.5 Å². The molecule has 1 unspecified atom stereocenters. The molecule has 0 aliphatic carbocycles. The summed E-state index contributed by atoms with van der Waals surface area (Å²) in [6.45, 7) is 6.47. The van der Waals surface area contributed by atoms with Crippen molar-refractivity contribution in [1.29, 1.82) is 0 Å².